The Morgan fingerprint density at radius 2 is 1.73 bits per heavy atom. The van der Waals surface area contributed by atoms with Crippen LogP contribution in [0.15, 0.2) is 47.4 Å². The van der Waals surface area contributed by atoms with Gasteiger partial charge in [0, 0.05) is 38.1 Å². The molecule has 2 N–H and O–H groups in total. The summed E-state index contributed by atoms with van der Waals surface area (Å²) in [6, 6.07) is 10.2. The van der Waals surface area contributed by atoms with Crippen molar-refractivity contribution >= 4 is 21.4 Å². The van der Waals surface area contributed by atoms with E-state index >= 15 is 0 Å². The summed E-state index contributed by atoms with van der Waals surface area (Å²) < 4.78 is 41.0. The van der Waals surface area contributed by atoms with E-state index in [4.69, 9.17) is 5.73 Å². The SMILES string of the molecule is CCC(C)N(Cc1cc(N)ccc1N(C)C)S(=O)(=O)c1ccc(F)cc1. The molecule has 0 saturated carbocycles. The first-order valence-electron chi connectivity index (χ1n) is 8.50. The van der Waals surface area contributed by atoms with Gasteiger partial charge >= 0.3 is 0 Å². The highest BCUT2D eigenvalue weighted by atomic mass is 32.2. The largest absolute Gasteiger partial charge is 0.399 e. The van der Waals surface area contributed by atoms with Gasteiger partial charge in [0.2, 0.25) is 10.0 Å². The molecule has 7 heteroatoms. The van der Waals surface area contributed by atoms with E-state index in [-0.39, 0.29) is 17.5 Å². The van der Waals surface area contributed by atoms with Gasteiger partial charge in [0.05, 0.1) is 4.90 Å². The predicted molar refractivity (Wildman–Crippen MR) is 104 cm³/mol. The molecule has 0 heterocycles. The van der Waals surface area contributed by atoms with Gasteiger partial charge in [-0.2, -0.15) is 4.31 Å². The number of sulfonamides is 1. The molecule has 0 aromatic heterocycles. The average Bonchev–Trinajstić information content (AvgIpc) is 2.59. The van der Waals surface area contributed by atoms with Crippen molar-refractivity contribution in [3.8, 4) is 0 Å². The molecule has 0 radical (unpaired) electrons. The average molecular weight is 380 g/mol. The maximum atomic E-state index is 13.2. The number of nitrogen functional groups attached to an aromatic ring is 1. The Kier molecular flexibility index (Phi) is 6.26. The number of nitrogens with zero attached hydrogens (tertiary/aromatic N) is 2. The van der Waals surface area contributed by atoms with Gasteiger partial charge in [-0.15, -0.1) is 0 Å². The summed E-state index contributed by atoms with van der Waals surface area (Å²) in [6.45, 7) is 3.99. The quantitative estimate of drug-likeness (QED) is 0.748. The fraction of sp³-hybridized carbons (Fsp3) is 0.368. The summed E-state index contributed by atoms with van der Waals surface area (Å²) in [5.41, 5.74) is 8.22. The van der Waals surface area contributed by atoms with Crippen molar-refractivity contribution < 1.29 is 12.8 Å². The summed E-state index contributed by atoms with van der Waals surface area (Å²) in [4.78, 5) is 2.00. The fourth-order valence-corrected chi connectivity index (χ4v) is 4.44. The van der Waals surface area contributed by atoms with Gasteiger partial charge < -0.3 is 10.6 Å². The Morgan fingerprint density at radius 1 is 1.12 bits per heavy atom. The lowest BCUT2D eigenvalue weighted by molar-refractivity contribution is 0.323. The molecule has 2 aromatic rings. The van der Waals surface area contributed by atoms with Crippen LogP contribution in [0.25, 0.3) is 0 Å². The normalized spacial score (nSPS) is 13.0. The summed E-state index contributed by atoms with van der Waals surface area (Å²) in [6.07, 6.45) is 0.653. The van der Waals surface area contributed by atoms with Crippen LogP contribution >= 0.6 is 0 Å². The summed E-state index contributed by atoms with van der Waals surface area (Å²) >= 11 is 0. The number of nitrogens with two attached hydrogens (primary N) is 1. The molecule has 1 atom stereocenters. The Balaban J connectivity index is 2.49. The molecule has 0 fully saturated rings. The number of anilines is 2. The van der Waals surface area contributed by atoms with Crippen LogP contribution < -0.4 is 10.6 Å². The molecular weight excluding hydrogens is 353 g/mol. The first kappa shape index (κ1) is 20.2. The molecule has 2 rings (SSSR count). The van der Waals surface area contributed by atoms with Crippen LogP contribution in [0.1, 0.15) is 25.8 Å². The molecule has 0 aliphatic rings. The minimum absolute atomic E-state index is 0.0782. The first-order valence-corrected chi connectivity index (χ1v) is 9.94. The standard InChI is InChI=1S/C19H26FN3O2S/c1-5-14(2)23(26(24,25)18-9-6-16(20)7-10-18)13-15-12-17(21)8-11-19(15)22(3)4/h6-12,14H,5,13,21H2,1-4H3. The summed E-state index contributed by atoms with van der Waals surface area (Å²) in [5.74, 6) is -0.468. The van der Waals surface area contributed by atoms with Crippen molar-refractivity contribution in [2.45, 2.75) is 37.8 Å². The second-order valence-electron chi connectivity index (χ2n) is 6.54. The Labute approximate surface area is 155 Å². The third-order valence-corrected chi connectivity index (χ3v) is 6.39. The van der Waals surface area contributed by atoms with E-state index in [2.05, 4.69) is 0 Å². The first-order chi connectivity index (χ1) is 12.2. The predicted octanol–water partition coefficient (Wildman–Crippen LogP) is 3.46. The molecule has 26 heavy (non-hydrogen) atoms. The van der Waals surface area contributed by atoms with Crippen LogP contribution in [-0.4, -0.2) is 32.9 Å². The molecule has 142 valence electrons. The lowest BCUT2D eigenvalue weighted by atomic mass is 10.1. The number of hydrogen-bond donors (Lipinski definition) is 1. The van der Waals surface area contributed by atoms with Crippen LogP contribution in [0.5, 0.6) is 0 Å². The zero-order valence-corrected chi connectivity index (χ0v) is 16.4. The molecule has 1 unspecified atom stereocenters. The van der Waals surface area contributed by atoms with E-state index in [1.807, 2.05) is 38.9 Å². The Bertz CT molecular complexity index is 852. The van der Waals surface area contributed by atoms with Crippen molar-refractivity contribution in [1.29, 1.82) is 0 Å². The van der Waals surface area contributed by atoms with E-state index in [0.29, 0.717) is 12.1 Å². The molecule has 2 aromatic carbocycles. The third kappa shape index (κ3) is 4.34. The van der Waals surface area contributed by atoms with E-state index in [9.17, 15) is 12.8 Å². The Morgan fingerprint density at radius 3 is 2.27 bits per heavy atom. The van der Waals surface area contributed by atoms with Crippen LogP contribution in [0.2, 0.25) is 0 Å². The van der Waals surface area contributed by atoms with E-state index in [1.54, 1.807) is 12.1 Å². The lowest BCUT2D eigenvalue weighted by Crippen LogP contribution is -2.38. The van der Waals surface area contributed by atoms with Gasteiger partial charge in [0.1, 0.15) is 5.82 Å². The molecule has 0 spiro atoms. The van der Waals surface area contributed by atoms with Gasteiger partial charge in [-0.05, 0) is 61.4 Å². The summed E-state index contributed by atoms with van der Waals surface area (Å²) in [5, 5.41) is 0. The van der Waals surface area contributed by atoms with Gasteiger partial charge in [-0.3, -0.25) is 0 Å². The van der Waals surface area contributed by atoms with Crippen molar-refractivity contribution in [2.75, 3.05) is 24.7 Å². The van der Waals surface area contributed by atoms with Gasteiger partial charge in [-0.1, -0.05) is 6.92 Å². The molecule has 0 amide bonds. The van der Waals surface area contributed by atoms with Crippen LogP contribution in [0.4, 0.5) is 15.8 Å². The zero-order chi connectivity index (χ0) is 19.5. The highest BCUT2D eigenvalue weighted by Gasteiger charge is 2.29. The van der Waals surface area contributed by atoms with Crippen molar-refractivity contribution in [2.24, 2.45) is 0 Å². The molecule has 5 nitrogen and oxygen atoms in total. The van der Waals surface area contributed by atoms with E-state index < -0.39 is 15.8 Å². The molecule has 0 bridgehead atoms. The number of rotatable bonds is 7. The van der Waals surface area contributed by atoms with Crippen LogP contribution in [0, 0.1) is 5.82 Å². The third-order valence-electron chi connectivity index (χ3n) is 4.41. The minimum atomic E-state index is -3.78. The maximum Gasteiger partial charge on any atom is 0.243 e. The van der Waals surface area contributed by atoms with Gasteiger partial charge in [-0.25, -0.2) is 12.8 Å². The van der Waals surface area contributed by atoms with Crippen LogP contribution in [-0.2, 0) is 16.6 Å². The second-order valence-corrected chi connectivity index (χ2v) is 8.43. The molecule has 0 saturated heterocycles. The van der Waals surface area contributed by atoms with Crippen molar-refractivity contribution in [3.63, 3.8) is 0 Å². The highest BCUT2D eigenvalue weighted by molar-refractivity contribution is 7.89. The maximum absolute atomic E-state index is 13.2. The van der Waals surface area contributed by atoms with Gasteiger partial charge in [0.25, 0.3) is 0 Å². The number of benzene rings is 2. The Hall–Kier alpha value is -2.12. The lowest BCUT2D eigenvalue weighted by Gasteiger charge is -2.29. The molecular formula is C19H26FN3O2S. The van der Waals surface area contributed by atoms with E-state index in [0.717, 1.165) is 23.4 Å². The molecule has 0 aliphatic heterocycles. The fourth-order valence-electron chi connectivity index (χ4n) is 2.76. The van der Waals surface area contributed by atoms with Crippen molar-refractivity contribution in [3.05, 3.63) is 53.8 Å². The zero-order valence-electron chi connectivity index (χ0n) is 15.6. The number of halogens is 1. The number of hydrogen-bond acceptors (Lipinski definition) is 4. The monoisotopic (exact) mass is 379 g/mol. The van der Waals surface area contributed by atoms with Crippen LogP contribution in [0.3, 0.4) is 0 Å². The second kappa shape index (κ2) is 8.05. The topological polar surface area (TPSA) is 66.6 Å². The molecule has 0 aliphatic carbocycles. The highest BCUT2D eigenvalue weighted by Crippen LogP contribution is 2.28. The van der Waals surface area contributed by atoms with Gasteiger partial charge in [0.15, 0.2) is 0 Å². The van der Waals surface area contributed by atoms with Crippen molar-refractivity contribution in [1.82, 2.24) is 4.31 Å². The summed E-state index contributed by atoms with van der Waals surface area (Å²) in [7, 11) is 0.0244. The smallest absolute Gasteiger partial charge is 0.243 e. The van der Waals surface area contributed by atoms with E-state index in [1.165, 1.54) is 16.4 Å². The minimum Gasteiger partial charge on any atom is -0.399 e.